The van der Waals surface area contributed by atoms with Crippen LogP contribution in [0, 0.1) is 0 Å². The fourth-order valence-electron chi connectivity index (χ4n) is 1.97. The van der Waals surface area contributed by atoms with E-state index in [1.165, 1.54) is 4.90 Å². The van der Waals surface area contributed by atoms with Crippen LogP contribution in [-0.4, -0.2) is 69.6 Å². The summed E-state index contributed by atoms with van der Waals surface area (Å²) in [5.41, 5.74) is 0. The van der Waals surface area contributed by atoms with E-state index in [0.29, 0.717) is 0 Å². The van der Waals surface area contributed by atoms with E-state index >= 15 is 0 Å². The number of carbonyl (C=O) groups excluding carboxylic acids is 1. The summed E-state index contributed by atoms with van der Waals surface area (Å²) in [6, 6.07) is -0.881. The second-order valence-corrected chi connectivity index (χ2v) is 6.43. The largest absolute Gasteiger partial charge is 0.481 e. The number of aromatic amines is 1. The number of amides is 1. The monoisotopic (exact) mass is 288 g/mol. The zero-order valence-electron chi connectivity index (χ0n) is 9.81. The lowest BCUT2D eigenvalue weighted by atomic mass is 10.2. The van der Waals surface area contributed by atoms with E-state index in [2.05, 4.69) is 15.2 Å². The van der Waals surface area contributed by atoms with Gasteiger partial charge in [0.1, 0.15) is 6.33 Å². The summed E-state index contributed by atoms with van der Waals surface area (Å²) in [4.78, 5) is 27.7. The van der Waals surface area contributed by atoms with Gasteiger partial charge in [0.15, 0.2) is 9.84 Å². The molecule has 1 amide bonds. The van der Waals surface area contributed by atoms with Crippen molar-refractivity contribution in [3.63, 3.8) is 0 Å². The average Bonchev–Trinajstić information content (AvgIpc) is 2.79. The summed E-state index contributed by atoms with van der Waals surface area (Å²) < 4.78 is 23.1. The van der Waals surface area contributed by atoms with E-state index in [4.69, 9.17) is 5.11 Å². The quantitative estimate of drug-likeness (QED) is 0.692. The van der Waals surface area contributed by atoms with Crippen molar-refractivity contribution in [2.75, 3.05) is 18.1 Å². The number of rotatable bonds is 3. The predicted molar refractivity (Wildman–Crippen MR) is 62.1 cm³/mol. The van der Waals surface area contributed by atoms with Crippen LogP contribution in [0.25, 0.3) is 0 Å². The van der Waals surface area contributed by atoms with Gasteiger partial charge < -0.3 is 10.0 Å². The molecule has 9 nitrogen and oxygen atoms in total. The maximum atomic E-state index is 12.1. The molecule has 1 aliphatic heterocycles. The second kappa shape index (κ2) is 4.96. The molecule has 1 atom stereocenters. The number of carboxylic acids is 1. The van der Waals surface area contributed by atoms with Crippen LogP contribution in [0.1, 0.15) is 17.0 Å². The van der Waals surface area contributed by atoms with Crippen molar-refractivity contribution in [1.29, 1.82) is 0 Å². The first-order chi connectivity index (χ1) is 8.89. The molecule has 2 rings (SSSR count). The number of hydrogen-bond acceptors (Lipinski definition) is 6. The Labute approximate surface area is 108 Å². The maximum Gasteiger partial charge on any atom is 0.305 e. The second-order valence-electron chi connectivity index (χ2n) is 4.20. The van der Waals surface area contributed by atoms with Crippen LogP contribution in [0.5, 0.6) is 0 Å². The lowest BCUT2D eigenvalue weighted by Crippen LogP contribution is -2.52. The summed E-state index contributed by atoms with van der Waals surface area (Å²) in [6.07, 6.45) is 0.735. The molecule has 1 aromatic rings. The highest BCUT2D eigenvalue weighted by atomic mass is 32.2. The van der Waals surface area contributed by atoms with Crippen molar-refractivity contribution in [2.24, 2.45) is 0 Å². The first kappa shape index (κ1) is 13.5. The van der Waals surface area contributed by atoms with Crippen LogP contribution >= 0.6 is 0 Å². The first-order valence-electron chi connectivity index (χ1n) is 5.47. The van der Waals surface area contributed by atoms with Gasteiger partial charge in [0, 0.05) is 6.54 Å². The molecule has 2 heterocycles. The van der Waals surface area contributed by atoms with Crippen LogP contribution in [0.4, 0.5) is 0 Å². The Morgan fingerprint density at radius 2 is 2.26 bits per heavy atom. The molecule has 10 heteroatoms. The van der Waals surface area contributed by atoms with Crippen LogP contribution < -0.4 is 0 Å². The van der Waals surface area contributed by atoms with Gasteiger partial charge in [-0.05, 0) is 0 Å². The Hall–Kier alpha value is -1.97. The number of H-pyrrole nitrogens is 1. The topological polar surface area (TPSA) is 133 Å². The normalized spacial score (nSPS) is 22.1. The van der Waals surface area contributed by atoms with Gasteiger partial charge in [-0.25, -0.2) is 13.4 Å². The summed E-state index contributed by atoms with van der Waals surface area (Å²) in [7, 11) is -3.32. The highest BCUT2D eigenvalue weighted by molar-refractivity contribution is 7.91. The van der Waals surface area contributed by atoms with Crippen LogP contribution in [0.15, 0.2) is 6.33 Å². The molecule has 0 bridgehead atoms. The SMILES string of the molecule is O=C(O)CC1CS(=O)(=O)CCN1C(=O)c1ncn[nH]1. The number of aliphatic carboxylic acids is 1. The predicted octanol–water partition coefficient (Wildman–Crippen LogP) is -1.48. The minimum Gasteiger partial charge on any atom is -0.481 e. The molecule has 0 aliphatic carbocycles. The Morgan fingerprint density at radius 3 is 2.84 bits per heavy atom. The lowest BCUT2D eigenvalue weighted by molar-refractivity contribution is -0.138. The van der Waals surface area contributed by atoms with Crippen LogP contribution in [0.2, 0.25) is 0 Å². The van der Waals surface area contributed by atoms with Crippen molar-refractivity contribution in [3.05, 3.63) is 12.2 Å². The average molecular weight is 288 g/mol. The van der Waals surface area contributed by atoms with Gasteiger partial charge in [-0.15, -0.1) is 0 Å². The van der Waals surface area contributed by atoms with Gasteiger partial charge in [0.05, 0.1) is 24.0 Å². The van der Waals surface area contributed by atoms with E-state index < -0.39 is 34.2 Å². The van der Waals surface area contributed by atoms with E-state index in [9.17, 15) is 18.0 Å². The Morgan fingerprint density at radius 1 is 1.53 bits per heavy atom. The third-order valence-electron chi connectivity index (χ3n) is 2.82. The molecule has 2 N–H and O–H groups in total. The van der Waals surface area contributed by atoms with Crippen molar-refractivity contribution in [2.45, 2.75) is 12.5 Å². The van der Waals surface area contributed by atoms with E-state index in [0.717, 1.165) is 6.33 Å². The molecule has 1 aromatic heterocycles. The van der Waals surface area contributed by atoms with E-state index in [1.54, 1.807) is 0 Å². The van der Waals surface area contributed by atoms with Crippen LogP contribution in [-0.2, 0) is 14.6 Å². The van der Waals surface area contributed by atoms with E-state index in [1.807, 2.05) is 0 Å². The number of aromatic nitrogens is 3. The van der Waals surface area contributed by atoms with Crippen molar-refractivity contribution in [3.8, 4) is 0 Å². The Balaban J connectivity index is 2.22. The Kier molecular flexibility index (Phi) is 3.51. The number of carbonyl (C=O) groups is 2. The minimum atomic E-state index is -3.32. The van der Waals surface area contributed by atoms with Gasteiger partial charge in [-0.1, -0.05) is 0 Å². The lowest BCUT2D eigenvalue weighted by Gasteiger charge is -2.33. The van der Waals surface area contributed by atoms with Crippen molar-refractivity contribution in [1.82, 2.24) is 20.1 Å². The molecule has 1 fully saturated rings. The highest BCUT2D eigenvalue weighted by Gasteiger charge is 2.36. The molecule has 1 saturated heterocycles. The number of nitrogens with one attached hydrogen (secondary N) is 1. The molecule has 0 saturated carbocycles. The standard InChI is InChI=1S/C9H12N4O5S/c14-7(15)3-6-4-19(17,18)2-1-13(6)9(16)8-10-5-11-12-8/h5-6H,1-4H2,(H,14,15)(H,10,11,12). The van der Waals surface area contributed by atoms with Gasteiger partial charge in [-0.2, -0.15) is 5.10 Å². The smallest absolute Gasteiger partial charge is 0.305 e. The summed E-state index contributed by atoms with van der Waals surface area (Å²) in [6.45, 7) is -0.0419. The highest BCUT2D eigenvalue weighted by Crippen LogP contribution is 2.16. The molecule has 0 aromatic carbocycles. The fourth-order valence-corrected chi connectivity index (χ4v) is 3.49. The summed E-state index contributed by atoms with van der Waals surface area (Å²) >= 11 is 0. The molecule has 104 valence electrons. The molecular weight excluding hydrogens is 276 g/mol. The van der Waals surface area contributed by atoms with Gasteiger partial charge in [0.25, 0.3) is 5.91 Å². The molecule has 1 unspecified atom stereocenters. The van der Waals surface area contributed by atoms with Crippen molar-refractivity contribution >= 4 is 21.7 Å². The zero-order valence-corrected chi connectivity index (χ0v) is 10.6. The van der Waals surface area contributed by atoms with E-state index in [-0.39, 0.29) is 23.9 Å². The minimum absolute atomic E-state index is 0.0327. The molecule has 0 radical (unpaired) electrons. The Bertz CT molecular complexity index is 582. The third kappa shape index (κ3) is 3.08. The van der Waals surface area contributed by atoms with Gasteiger partial charge in [0.2, 0.25) is 5.82 Å². The van der Waals surface area contributed by atoms with Gasteiger partial charge in [-0.3, -0.25) is 14.7 Å². The number of sulfone groups is 1. The first-order valence-corrected chi connectivity index (χ1v) is 7.30. The van der Waals surface area contributed by atoms with Gasteiger partial charge >= 0.3 is 5.97 Å². The number of carboxylic acid groups (broad SMARTS) is 1. The van der Waals surface area contributed by atoms with Crippen LogP contribution in [0.3, 0.4) is 0 Å². The summed E-state index contributed by atoms with van der Waals surface area (Å²) in [5, 5.41) is 14.7. The molecule has 19 heavy (non-hydrogen) atoms. The fraction of sp³-hybridized carbons (Fsp3) is 0.556. The van der Waals surface area contributed by atoms with Crippen molar-refractivity contribution < 1.29 is 23.1 Å². The summed E-state index contributed by atoms with van der Waals surface area (Å²) in [5.74, 6) is -2.26. The zero-order chi connectivity index (χ0) is 14.0. The molecular formula is C9H12N4O5S. The number of hydrogen-bond donors (Lipinski definition) is 2. The maximum absolute atomic E-state index is 12.1. The molecule has 1 aliphatic rings. The molecule has 0 spiro atoms. The third-order valence-corrected chi connectivity index (χ3v) is 4.52. The number of nitrogens with zero attached hydrogens (tertiary/aromatic N) is 3.